The van der Waals surface area contributed by atoms with Crippen LogP contribution in [0.2, 0.25) is 0 Å². The first-order valence-corrected chi connectivity index (χ1v) is 21.7. The molecule has 2 heterocycles. The summed E-state index contributed by atoms with van der Waals surface area (Å²) in [7, 11) is -4.20. The van der Waals surface area contributed by atoms with Gasteiger partial charge in [0.25, 0.3) is 0 Å². The average Bonchev–Trinajstić information content (AvgIpc) is 3.93. The monoisotopic (exact) mass is 853 g/mol. The summed E-state index contributed by atoms with van der Waals surface area (Å²) in [5, 5.41) is 42.6. The fourth-order valence-corrected chi connectivity index (χ4v) is 9.21. The Morgan fingerprint density at radius 2 is 1.80 bits per heavy atom. The highest BCUT2D eigenvalue weighted by atomic mass is 32.2. The van der Waals surface area contributed by atoms with Crippen LogP contribution in [0, 0.1) is 18.8 Å². The number of benzene rings is 2. The quantitative estimate of drug-likeness (QED) is 0.0486. The number of carbonyl (C=O) groups is 3. The van der Waals surface area contributed by atoms with Gasteiger partial charge in [-0.1, -0.05) is 74.3 Å². The van der Waals surface area contributed by atoms with Gasteiger partial charge in [0.05, 0.1) is 53.1 Å². The van der Waals surface area contributed by atoms with E-state index in [0.29, 0.717) is 11.3 Å². The zero-order chi connectivity index (χ0) is 42.7. The molecule has 0 unspecified atom stereocenters. The Morgan fingerprint density at radius 1 is 1.10 bits per heavy atom. The number of nitrogens with one attached hydrogen (secondary N) is 2. The standard InChI is InChI=1S/C40H51N7O10S2/c1-26(2)37(47-24-35(49)46(40(47)54)22-31-25-58-27(3)43-31)38(51)44-33(19-28-9-5-4-6-10-28)34(48)23-45(21-30-11-7-8-12-30)59(55,56)32-15-13-29(14-16-32)20-42-57-36(50)17-18-41-39(52)53/h4-6,9-10,13-16,20,24-26,30,33-34,37,41,48-49H,7-8,11-12,17-19,21-23H2,1-3H3,(H,44,51)(H,52,53)/t33-,34+,37-/m0/s1. The zero-order valence-corrected chi connectivity index (χ0v) is 34.8. The molecule has 0 bridgehead atoms. The van der Waals surface area contributed by atoms with E-state index >= 15 is 0 Å². The molecule has 1 saturated carbocycles. The fraction of sp³-hybridized carbons (Fsp3) is 0.450. The van der Waals surface area contributed by atoms with Crippen molar-refractivity contribution in [1.82, 2.24) is 29.1 Å². The molecule has 2 aromatic heterocycles. The van der Waals surface area contributed by atoms with Gasteiger partial charge in [-0.15, -0.1) is 11.3 Å². The van der Waals surface area contributed by atoms with Gasteiger partial charge in [-0.25, -0.2) is 27.8 Å². The molecular weight excluding hydrogens is 803 g/mol. The number of amides is 2. The van der Waals surface area contributed by atoms with Crippen LogP contribution in [0.15, 0.2) is 81.0 Å². The molecule has 5 rings (SSSR count). The molecule has 17 nitrogen and oxygen atoms in total. The molecule has 2 amide bonds. The highest BCUT2D eigenvalue weighted by Gasteiger charge is 2.35. The lowest BCUT2D eigenvalue weighted by Crippen LogP contribution is -2.53. The van der Waals surface area contributed by atoms with Crippen molar-refractivity contribution in [3.8, 4) is 5.88 Å². The normalized spacial score (nSPS) is 15.1. The van der Waals surface area contributed by atoms with Crippen LogP contribution >= 0.6 is 11.3 Å². The molecule has 0 saturated heterocycles. The van der Waals surface area contributed by atoms with E-state index in [9.17, 15) is 37.8 Å². The molecule has 1 fully saturated rings. The smallest absolute Gasteiger partial charge is 0.404 e. The van der Waals surface area contributed by atoms with Crippen LogP contribution < -0.4 is 16.3 Å². The van der Waals surface area contributed by atoms with Crippen LogP contribution in [-0.2, 0) is 37.4 Å². The van der Waals surface area contributed by atoms with E-state index in [4.69, 9.17) is 9.94 Å². The number of imidazole rings is 1. The van der Waals surface area contributed by atoms with Crippen molar-refractivity contribution in [1.29, 1.82) is 0 Å². The summed E-state index contributed by atoms with van der Waals surface area (Å²) in [4.78, 5) is 59.4. The average molecular weight is 854 g/mol. The number of thiazole rings is 1. The highest BCUT2D eigenvalue weighted by molar-refractivity contribution is 7.89. The van der Waals surface area contributed by atoms with Crippen LogP contribution in [0.4, 0.5) is 4.79 Å². The lowest BCUT2D eigenvalue weighted by Gasteiger charge is -2.32. The van der Waals surface area contributed by atoms with Gasteiger partial charge in [0.15, 0.2) is 0 Å². The lowest BCUT2D eigenvalue weighted by molar-refractivity contribution is -0.143. The molecule has 1 aliphatic rings. The molecule has 2 aromatic carbocycles. The van der Waals surface area contributed by atoms with E-state index in [2.05, 4.69) is 15.5 Å². The van der Waals surface area contributed by atoms with E-state index in [1.165, 1.54) is 56.9 Å². The number of rotatable bonds is 20. The second kappa shape index (κ2) is 20.5. The van der Waals surface area contributed by atoms with Gasteiger partial charge in [-0.3, -0.25) is 13.9 Å². The SMILES string of the molecule is Cc1nc(Cn2c(O)cn([C@H](C(=O)N[C@@H](Cc3ccccc3)[C@H](O)CN(CC3CCCC3)S(=O)(=O)c3ccc(C=NOC(=O)CCNC(=O)O)cc3)C(C)C)c2=O)cs1. The molecule has 5 N–H and O–H groups in total. The molecule has 318 valence electrons. The number of aromatic nitrogens is 3. The summed E-state index contributed by atoms with van der Waals surface area (Å²) < 4.78 is 32.2. The Kier molecular flexibility index (Phi) is 15.6. The van der Waals surface area contributed by atoms with Crippen molar-refractivity contribution in [3.05, 3.63) is 98.5 Å². The maximum absolute atomic E-state index is 14.3. The first-order valence-electron chi connectivity index (χ1n) is 19.4. The van der Waals surface area contributed by atoms with E-state index in [1.54, 1.807) is 19.2 Å². The summed E-state index contributed by atoms with van der Waals surface area (Å²) in [6.45, 7) is 5.03. The maximum atomic E-state index is 14.3. The van der Waals surface area contributed by atoms with Gasteiger partial charge in [0.1, 0.15) is 6.04 Å². The number of carboxylic acid groups (broad SMARTS) is 1. The van der Waals surface area contributed by atoms with Gasteiger partial charge in [-0.05, 0) is 61.3 Å². The molecule has 19 heteroatoms. The van der Waals surface area contributed by atoms with Crippen LogP contribution in [0.5, 0.6) is 5.88 Å². The molecule has 0 aliphatic heterocycles. The van der Waals surface area contributed by atoms with Gasteiger partial charge < -0.3 is 30.8 Å². The number of hydrogen-bond acceptors (Lipinski definition) is 12. The minimum atomic E-state index is -4.20. The van der Waals surface area contributed by atoms with Gasteiger partial charge in [-0.2, -0.15) is 4.31 Å². The Labute approximate surface area is 346 Å². The minimum Gasteiger partial charge on any atom is -0.493 e. The van der Waals surface area contributed by atoms with Crippen molar-refractivity contribution in [2.24, 2.45) is 17.0 Å². The van der Waals surface area contributed by atoms with Crippen molar-refractivity contribution in [2.75, 3.05) is 19.6 Å². The summed E-state index contributed by atoms with van der Waals surface area (Å²) in [6, 6.07) is 12.8. The predicted octanol–water partition coefficient (Wildman–Crippen LogP) is 3.87. The van der Waals surface area contributed by atoms with Gasteiger partial charge in [0, 0.05) is 25.0 Å². The predicted molar refractivity (Wildman–Crippen MR) is 220 cm³/mol. The molecule has 0 spiro atoms. The fourth-order valence-electron chi connectivity index (χ4n) is 7.07. The van der Waals surface area contributed by atoms with Crippen molar-refractivity contribution >= 4 is 45.5 Å². The topological polar surface area (TPSA) is 235 Å². The number of aliphatic hydroxyl groups is 1. The Hall–Kier alpha value is -5.37. The Morgan fingerprint density at radius 3 is 2.42 bits per heavy atom. The van der Waals surface area contributed by atoms with Crippen LogP contribution in [0.3, 0.4) is 0 Å². The first kappa shape index (κ1) is 44.7. The lowest BCUT2D eigenvalue weighted by atomic mass is 9.98. The van der Waals surface area contributed by atoms with Crippen molar-refractivity contribution in [3.63, 3.8) is 0 Å². The molecule has 4 aromatic rings. The Balaban J connectivity index is 1.37. The molecule has 59 heavy (non-hydrogen) atoms. The number of aryl methyl sites for hydroxylation is 1. The number of carbonyl (C=O) groups excluding carboxylic acids is 2. The third-order valence-corrected chi connectivity index (χ3v) is 12.7. The summed E-state index contributed by atoms with van der Waals surface area (Å²) in [5.74, 6) is -2.05. The van der Waals surface area contributed by atoms with E-state index < -0.39 is 57.8 Å². The number of aromatic hydroxyl groups is 1. The van der Waals surface area contributed by atoms with E-state index in [-0.39, 0.29) is 55.7 Å². The third-order valence-electron chi connectivity index (χ3n) is 10.1. The third kappa shape index (κ3) is 12.3. The molecule has 3 atom stereocenters. The van der Waals surface area contributed by atoms with Crippen LogP contribution in [0.25, 0.3) is 0 Å². The molecule has 0 radical (unpaired) electrons. The maximum Gasteiger partial charge on any atom is 0.404 e. The second-order valence-corrected chi connectivity index (χ2v) is 17.9. The van der Waals surface area contributed by atoms with Crippen molar-refractivity contribution < 1.29 is 43.0 Å². The van der Waals surface area contributed by atoms with Crippen LogP contribution in [-0.4, -0.2) is 98.1 Å². The molecule has 1 aliphatic carbocycles. The number of nitrogens with zero attached hydrogens (tertiary/aromatic N) is 5. The van der Waals surface area contributed by atoms with Gasteiger partial charge >= 0.3 is 17.8 Å². The summed E-state index contributed by atoms with van der Waals surface area (Å²) in [5.41, 5.74) is 1.18. The highest BCUT2D eigenvalue weighted by Crippen LogP contribution is 2.29. The first-order chi connectivity index (χ1) is 28.1. The summed E-state index contributed by atoms with van der Waals surface area (Å²) >= 11 is 1.41. The van der Waals surface area contributed by atoms with E-state index in [0.717, 1.165) is 40.8 Å². The second-order valence-electron chi connectivity index (χ2n) is 14.9. The Bertz CT molecular complexity index is 2230. The number of sulfonamides is 1. The summed E-state index contributed by atoms with van der Waals surface area (Å²) in [6.07, 6.45) is 3.25. The number of oxime groups is 1. The number of hydrogen-bond donors (Lipinski definition) is 5. The minimum absolute atomic E-state index is 0.0104. The van der Waals surface area contributed by atoms with Gasteiger partial charge in [0.2, 0.25) is 21.8 Å². The van der Waals surface area contributed by atoms with Crippen molar-refractivity contribution in [2.45, 2.75) is 88.9 Å². The molecular formula is C40H51N7O10S2. The van der Waals surface area contributed by atoms with Crippen LogP contribution in [0.1, 0.15) is 73.8 Å². The van der Waals surface area contributed by atoms with E-state index in [1.807, 2.05) is 42.6 Å². The number of aliphatic hydroxyl groups excluding tert-OH is 1. The zero-order valence-electron chi connectivity index (χ0n) is 33.1. The largest absolute Gasteiger partial charge is 0.493 e.